The maximum atomic E-state index is 13.2. The molecule has 0 spiro atoms. The van der Waals surface area contributed by atoms with Gasteiger partial charge >= 0.3 is 6.18 Å². The molecule has 0 aliphatic carbocycles. The van der Waals surface area contributed by atoms with Crippen molar-refractivity contribution in [3.05, 3.63) is 53.1 Å². The zero-order valence-electron chi connectivity index (χ0n) is 9.85. The Balaban J connectivity index is 2.62. The van der Waals surface area contributed by atoms with Gasteiger partial charge in [0.25, 0.3) is 0 Å². The summed E-state index contributed by atoms with van der Waals surface area (Å²) in [7, 11) is 0. The molecule has 0 amide bonds. The number of halogens is 4. The lowest BCUT2D eigenvalue weighted by atomic mass is 10.1. The van der Waals surface area contributed by atoms with E-state index < -0.39 is 17.6 Å². The lowest BCUT2D eigenvalue weighted by Gasteiger charge is -2.13. The van der Waals surface area contributed by atoms with Crippen LogP contribution in [0.25, 0.3) is 5.69 Å². The molecule has 2 aromatic rings. The van der Waals surface area contributed by atoms with Gasteiger partial charge in [-0.25, -0.2) is 4.39 Å². The Morgan fingerprint density at radius 1 is 0.944 bits per heavy atom. The van der Waals surface area contributed by atoms with Gasteiger partial charge in [0, 0.05) is 17.1 Å². The molecular formula is C13H11F4N. The van der Waals surface area contributed by atoms with Crippen molar-refractivity contribution in [2.75, 3.05) is 0 Å². The van der Waals surface area contributed by atoms with Gasteiger partial charge in [0.2, 0.25) is 0 Å². The SMILES string of the molecule is Cc1ccc(C)n1-c1ccc(F)c(C(F)(F)F)c1. The Morgan fingerprint density at radius 2 is 1.50 bits per heavy atom. The minimum atomic E-state index is -4.69. The molecule has 18 heavy (non-hydrogen) atoms. The molecule has 1 aromatic carbocycles. The Morgan fingerprint density at radius 3 is 2.00 bits per heavy atom. The van der Waals surface area contributed by atoms with E-state index in [4.69, 9.17) is 0 Å². The van der Waals surface area contributed by atoms with E-state index in [0.29, 0.717) is 5.69 Å². The van der Waals surface area contributed by atoms with Gasteiger partial charge in [-0.3, -0.25) is 0 Å². The molecule has 5 heteroatoms. The topological polar surface area (TPSA) is 4.93 Å². The van der Waals surface area contributed by atoms with Crippen LogP contribution in [0.1, 0.15) is 17.0 Å². The van der Waals surface area contributed by atoms with Gasteiger partial charge in [0.15, 0.2) is 0 Å². The highest BCUT2D eigenvalue weighted by Gasteiger charge is 2.34. The summed E-state index contributed by atoms with van der Waals surface area (Å²) in [5.41, 5.74) is 0.663. The molecule has 0 fully saturated rings. The zero-order chi connectivity index (χ0) is 13.5. The molecule has 0 saturated heterocycles. The summed E-state index contributed by atoms with van der Waals surface area (Å²) in [6, 6.07) is 6.61. The van der Waals surface area contributed by atoms with Crippen LogP contribution in [-0.2, 0) is 6.18 Å². The van der Waals surface area contributed by atoms with Crippen LogP contribution >= 0.6 is 0 Å². The third-order valence-electron chi connectivity index (χ3n) is 2.78. The maximum absolute atomic E-state index is 13.2. The molecule has 0 radical (unpaired) electrons. The molecule has 0 saturated carbocycles. The van der Waals surface area contributed by atoms with E-state index in [-0.39, 0.29) is 0 Å². The van der Waals surface area contributed by atoms with Crippen molar-refractivity contribution in [3.63, 3.8) is 0 Å². The summed E-state index contributed by atoms with van der Waals surface area (Å²) in [6.07, 6.45) is -4.69. The predicted octanol–water partition coefficient (Wildman–Crippen LogP) is 4.25. The summed E-state index contributed by atoms with van der Waals surface area (Å²) in [5.74, 6) is -1.26. The molecule has 1 aromatic heterocycles. The van der Waals surface area contributed by atoms with Crippen molar-refractivity contribution in [2.24, 2.45) is 0 Å². The average molecular weight is 257 g/mol. The number of aromatic nitrogens is 1. The van der Waals surface area contributed by atoms with E-state index in [1.807, 2.05) is 0 Å². The third-order valence-corrected chi connectivity index (χ3v) is 2.78. The number of rotatable bonds is 1. The van der Waals surface area contributed by atoms with Gasteiger partial charge in [0.05, 0.1) is 5.56 Å². The minimum Gasteiger partial charge on any atom is -0.319 e. The van der Waals surface area contributed by atoms with E-state index in [0.717, 1.165) is 23.5 Å². The number of benzene rings is 1. The van der Waals surface area contributed by atoms with Crippen molar-refractivity contribution in [1.82, 2.24) is 4.57 Å². The lowest BCUT2D eigenvalue weighted by molar-refractivity contribution is -0.140. The van der Waals surface area contributed by atoms with Gasteiger partial charge < -0.3 is 4.57 Å². The maximum Gasteiger partial charge on any atom is 0.419 e. The van der Waals surface area contributed by atoms with Gasteiger partial charge in [0.1, 0.15) is 5.82 Å². The van der Waals surface area contributed by atoms with Gasteiger partial charge in [-0.15, -0.1) is 0 Å². The van der Waals surface area contributed by atoms with Crippen LogP contribution in [0.2, 0.25) is 0 Å². The first-order valence-electron chi connectivity index (χ1n) is 5.33. The normalized spacial score (nSPS) is 11.9. The number of nitrogens with zero attached hydrogens (tertiary/aromatic N) is 1. The lowest BCUT2D eigenvalue weighted by Crippen LogP contribution is -2.10. The molecule has 1 heterocycles. The van der Waals surface area contributed by atoms with Crippen LogP contribution in [0.15, 0.2) is 30.3 Å². The molecule has 0 atom stereocenters. The Labute approximate surface area is 102 Å². The van der Waals surface area contributed by atoms with E-state index in [1.54, 1.807) is 30.5 Å². The largest absolute Gasteiger partial charge is 0.419 e. The van der Waals surface area contributed by atoms with Gasteiger partial charge in [-0.1, -0.05) is 0 Å². The molecule has 2 rings (SSSR count). The Kier molecular flexibility index (Phi) is 2.92. The Bertz CT molecular complexity index is 562. The summed E-state index contributed by atoms with van der Waals surface area (Å²) in [5, 5.41) is 0. The van der Waals surface area contributed by atoms with E-state index in [2.05, 4.69) is 0 Å². The highest BCUT2D eigenvalue weighted by molar-refractivity contribution is 5.41. The number of hydrogen-bond donors (Lipinski definition) is 0. The van der Waals surface area contributed by atoms with E-state index in [9.17, 15) is 17.6 Å². The second kappa shape index (κ2) is 4.15. The predicted molar refractivity (Wildman–Crippen MR) is 60.2 cm³/mol. The van der Waals surface area contributed by atoms with Crippen molar-refractivity contribution in [3.8, 4) is 5.69 Å². The van der Waals surface area contributed by atoms with Gasteiger partial charge in [-0.05, 0) is 44.2 Å². The van der Waals surface area contributed by atoms with Crippen molar-refractivity contribution in [1.29, 1.82) is 0 Å². The molecule has 0 aliphatic heterocycles. The Hall–Kier alpha value is -1.78. The fraction of sp³-hybridized carbons (Fsp3) is 0.231. The smallest absolute Gasteiger partial charge is 0.319 e. The van der Waals surface area contributed by atoms with Crippen molar-refractivity contribution in [2.45, 2.75) is 20.0 Å². The molecule has 1 nitrogen and oxygen atoms in total. The van der Waals surface area contributed by atoms with Crippen LogP contribution in [0.5, 0.6) is 0 Å². The fourth-order valence-corrected chi connectivity index (χ4v) is 1.95. The highest BCUT2D eigenvalue weighted by Crippen LogP contribution is 2.33. The third kappa shape index (κ3) is 2.12. The molecule has 0 bridgehead atoms. The van der Waals surface area contributed by atoms with Crippen molar-refractivity contribution >= 4 is 0 Å². The van der Waals surface area contributed by atoms with Crippen LogP contribution < -0.4 is 0 Å². The zero-order valence-corrected chi connectivity index (χ0v) is 9.85. The monoisotopic (exact) mass is 257 g/mol. The van der Waals surface area contributed by atoms with Crippen LogP contribution in [-0.4, -0.2) is 4.57 Å². The highest BCUT2D eigenvalue weighted by atomic mass is 19.4. The fourth-order valence-electron chi connectivity index (χ4n) is 1.95. The second-order valence-electron chi connectivity index (χ2n) is 4.11. The number of hydrogen-bond acceptors (Lipinski definition) is 0. The average Bonchev–Trinajstić information content (AvgIpc) is 2.58. The van der Waals surface area contributed by atoms with Crippen LogP contribution in [0, 0.1) is 19.7 Å². The summed E-state index contributed by atoms with van der Waals surface area (Å²) >= 11 is 0. The molecule has 0 aliphatic rings. The first kappa shape index (κ1) is 12.7. The number of aryl methyl sites for hydroxylation is 2. The summed E-state index contributed by atoms with van der Waals surface area (Å²) in [4.78, 5) is 0. The van der Waals surface area contributed by atoms with Crippen LogP contribution in [0.3, 0.4) is 0 Å². The quantitative estimate of drug-likeness (QED) is 0.673. The summed E-state index contributed by atoms with van der Waals surface area (Å²) < 4.78 is 52.7. The molecular weight excluding hydrogens is 246 g/mol. The molecule has 0 unspecified atom stereocenters. The minimum absolute atomic E-state index is 0.309. The number of alkyl halides is 3. The van der Waals surface area contributed by atoms with Crippen molar-refractivity contribution < 1.29 is 17.6 Å². The van der Waals surface area contributed by atoms with Gasteiger partial charge in [-0.2, -0.15) is 13.2 Å². The molecule has 96 valence electrons. The first-order chi connectivity index (χ1) is 8.30. The van der Waals surface area contributed by atoms with E-state index >= 15 is 0 Å². The molecule has 0 N–H and O–H groups in total. The van der Waals surface area contributed by atoms with E-state index in [1.165, 1.54) is 6.07 Å². The summed E-state index contributed by atoms with van der Waals surface area (Å²) in [6.45, 7) is 3.56. The second-order valence-corrected chi connectivity index (χ2v) is 4.11. The van der Waals surface area contributed by atoms with Crippen LogP contribution in [0.4, 0.5) is 17.6 Å². The standard InChI is InChI=1S/C13H11F4N/c1-8-3-4-9(2)18(8)10-5-6-12(14)11(7-10)13(15,16)17/h3-7H,1-2H3. The first-order valence-corrected chi connectivity index (χ1v) is 5.33.